The second-order valence-corrected chi connectivity index (χ2v) is 5.93. The summed E-state index contributed by atoms with van der Waals surface area (Å²) in [6.45, 7) is 10.3. The van der Waals surface area contributed by atoms with E-state index in [1.807, 2.05) is 0 Å². The normalized spacial score (nSPS) is 11.6. The second-order valence-electron chi connectivity index (χ2n) is 5.52. The lowest BCUT2D eigenvalue weighted by atomic mass is 10.1. The van der Waals surface area contributed by atoms with Gasteiger partial charge < -0.3 is 20.7 Å². The highest BCUT2D eigenvalue weighted by Crippen LogP contribution is 2.29. The Labute approximate surface area is 160 Å². The lowest BCUT2D eigenvalue weighted by molar-refractivity contribution is -0.122. The fourth-order valence-corrected chi connectivity index (χ4v) is 2.24. The number of anilines is 1. The maximum atomic E-state index is 12.4. The van der Waals surface area contributed by atoms with Gasteiger partial charge in [0.15, 0.2) is 11.9 Å². The monoisotopic (exact) mass is 391 g/mol. The number of benzene rings is 1. The van der Waals surface area contributed by atoms with Gasteiger partial charge >= 0.3 is 0 Å². The van der Waals surface area contributed by atoms with E-state index in [-0.39, 0.29) is 40.4 Å². The largest absolute Gasteiger partial charge is 0.482 e. The van der Waals surface area contributed by atoms with E-state index >= 15 is 0 Å². The Kier molecular flexibility index (Phi) is 10.5. The molecule has 0 aliphatic heterocycles. The second kappa shape index (κ2) is 11.2. The molecule has 25 heavy (non-hydrogen) atoms. The average Bonchev–Trinajstić information content (AvgIpc) is 2.54. The van der Waals surface area contributed by atoms with Crippen molar-refractivity contribution in [1.29, 1.82) is 0 Å². The third-order valence-corrected chi connectivity index (χ3v) is 4.16. The number of Topliss-reactive ketones (excluding diaryl/α,β-unsaturated/α-hetero) is 1. The zero-order valence-corrected chi connectivity index (χ0v) is 16.7. The molecule has 8 heteroatoms. The number of nitrogens with two attached hydrogens (primary N) is 1. The molecule has 0 aliphatic rings. The average molecular weight is 392 g/mol. The molecular formula is C17H27Cl2N3O3. The van der Waals surface area contributed by atoms with Gasteiger partial charge in [-0.15, -0.1) is 12.4 Å². The van der Waals surface area contributed by atoms with Gasteiger partial charge in [-0.2, -0.15) is 0 Å². The lowest BCUT2D eigenvalue weighted by Gasteiger charge is -2.19. The number of likely N-dealkylation sites (N-methyl/N-ethyl adjacent to an activating group) is 1. The fraction of sp³-hybridized carbons (Fsp3) is 0.529. The van der Waals surface area contributed by atoms with Crippen LogP contribution >= 0.6 is 24.0 Å². The van der Waals surface area contributed by atoms with Crippen molar-refractivity contribution >= 4 is 41.4 Å². The van der Waals surface area contributed by atoms with Crippen molar-refractivity contribution < 1.29 is 14.3 Å². The Morgan fingerprint density at radius 1 is 1.32 bits per heavy atom. The molecule has 3 N–H and O–H groups in total. The van der Waals surface area contributed by atoms with Crippen LogP contribution in [-0.4, -0.2) is 48.9 Å². The minimum Gasteiger partial charge on any atom is -0.482 e. The van der Waals surface area contributed by atoms with Crippen LogP contribution in [0.2, 0.25) is 5.02 Å². The number of ether oxygens (including phenoxy) is 1. The van der Waals surface area contributed by atoms with Crippen molar-refractivity contribution in [3.05, 3.63) is 22.7 Å². The first-order chi connectivity index (χ1) is 11.3. The molecule has 0 bridgehead atoms. The summed E-state index contributed by atoms with van der Waals surface area (Å²) in [5, 5.41) is 3.11. The highest BCUT2D eigenvalue weighted by molar-refractivity contribution is 6.33. The third-order valence-electron chi connectivity index (χ3n) is 3.83. The number of carbonyl (C=O) groups excluding carboxylic acids is 2. The summed E-state index contributed by atoms with van der Waals surface area (Å²) < 4.78 is 5.57. The van der Waals surface area contributed by atoms with Crippen LogP contribution in [-0.2, 0) is 4.79 Å². The van der Waals surface area contributed by atoms with Gasteiger partial charge in [-0.3, -0.25) is 9.59 Å². The summed E-state index contributed by atoms with van der Waals surface area (Å²) in [7, 11) is 0. The Balaban J connectivity index is 0.00000576. The van der Waals surface area contributed by atoms with E-state index in [4.69, 9.17) is 22.1 Å². The summed E-state index contributed by atoms with van der Waals surface area (Å²) in [6, 6.07) is 2.94. The van der Waals surface area contributed by atoms with Gasteiger partial charge in [-0.05, 0) is 33.0 Å². The number of rotatable bonds is 9. The van der Waals surface area contributed by atoms with E-state index in [0.717, 1.165) is 19.6 Å². The van der Waals surface area contributed by atoms with Gasteiger partial charge in [0.2, 0.25) is 0 Å². The topological polar surface area (TPSA) is 84.7 Å². The SMILES string of the molecule is CCN(CC)CCNC(=O)c1cc(Cl)c(N)cc1O[C@@H](C)C(C)=O.Cl. The van der Waals surface area contributed by atoms with Crippen LogP contribution in [0.15, 0.2) is 12.1 Å². The number of halogens is 2. The zero-order valence-electron chi connectivity index (χ0n) is 15.1. The van der Waals surface area contributed by atoms with Crippen LogP contribution < -0.4 is 15.8 Å². The molecule has 0 saturated carbocycles. The number of nitrogens with one attached hydrogen (secondary N) is 1. The third kappa shape index (κ3) is 7.10. The van der Waals surface area contributed by atoms with Crippen LogP contribution in [0.3, 0.4) is 0 Å². The Morgan fingerprint density at radius 3 is 2.44 bits per heavy atom. The van der Waals surface area contributed by atoms with Crippen LogP contribution in [0.1, 0.15) is 38.1 Å². The van der Waals surface area contributed by atoms with Gasteiger partial charge in [-0.25, -0.2) is 0 Å². The minimum absolute atomic E-state index is 0. The number of carbonyl (C=O) groups is 2. The highest BCUT2D eigenvalue weighted by atomic mass is 35.5. The van der Waals surface area contributed by atoms with Crippen molar-refractivity contribution in [2.75, 3.05) is 31.9 Å². The van der Waals surface area contributed by atoms with Crippen LogP contribution in [0.25, 0.3) is 0 Å². The van der Waals surface area contributed by atoms with Gasteiger partial charge in [0.05, 0.1) is 16.3 Å². The van der Waals surface area contributed by atoms with E-state index in [9.17, 15) is 9.59 Å². The molecule has 0 saturated heterocycles. The Morgan fingerprint density at radius 2 is 1.92 bits per heavy atom. The van der Waals surface area contributed by atoms with Crippen molar-refractivity contribution in [2.24, 2.45) is 0 Å². The maximum Gasteiger partial charge on any atom is 0.255 e. The smallest absolute Gasteiger partial charge is 0.255 e. The maximum absolute atomic E-state index is 12.4. The Hall–Kier alpha value is -1.50. The quantitative estimate of drug-likeness (QED) is 0.632. The molecule has 0 spiro atoms. The molecule has 0 radical (unpaired) electrons. The highest BCUT2D eigenvalue weighted by Gasteiger charge is 2.19. The predicted molar refractivity (Wildman–Crippen MR) is 104 cm³/mol. The number of amides is 1. The van der Waals surface area contributed by atoms with Crippen molar-refractivity contribution in [3.8, 4) is 5.75 Å². The molecule has 0 aliphatic carbocycles. The minimum atomic E-state index is -0.673. The van der Waals surface area contributed by atoms with Gasteiger partial charge in [0.1, 0.15) is 5.75 Å². The first kappa shape index (κ1) is 23.5. The van der Waals surface area contributed by atoms with Crippen molar-refractivity contribution in [3.63, 3.8) is 0 Å². The number of hydrogen-bond acceptors (Lipinski definition) is 5. The molecule has 142 valence electrons. The first-order valence-corrected chi connectivity index (χ1v) is 8.44. The van der Waals surface area contributed by atoms with E-state index in [1.165, 1.54) is 19.1 Å². The predicted octanol–water partition coefficient (Wildman–Crippen LogP) is 2.77. The number of hydrogen-bond donors (Lipinski definition) is 2. The molecule has 0 fully saturated rings. The van der Waals surface area contributed by atoms with E-state index in [2.05, 4.69) is 24.1 Å². The van der Waals surface area contributed by atoms with E-state index in [1.54, 1.807) is 6.92 Å². The number of nitrogen functional groups attached to an aromatic ring is 1. The molecular weight excluding hydrogens is 365 g/mol. The van der Waals surface area contributed by atoms with E-state index < -0.39 is 6.10 Å². The molecule has 1 atom stereocenters. The van der Waals surface area contributed by atoms with Crippen LogP contribution in [0.4, 0.5) is 5.69 Å². The number of nitrogens with zero attached hydrogens (tertiary/aromatic N) is 1. The summed E-state index contributed by atoms with van der Waals surface area (Å²) in [5.74, 6) is -0.203. The molecule has 0 unspecified atom stereocenters. The summed E-state index contributed by atoms with van der Waals surface area (Å²) in [5.41, 5.74) is 6.34. The van der Waals surface area contributed by atoms with Crippen LogP contribution in [0, 0.1) is 0 Å². The number of ketones is 1. The molecule has 1 aromatic carbocycles. The summed E-state index contributed by atoms with van der Waals surface area (Å²) in [4.78, 5) is 26.1. The lowest BCUT2D eigenvalue weighted by Crippen LogP contribution is -2.35. The molecule has 0 heterocycles. The summed E-state index contributed by atoms with van der Waals surface area (Å²) in [6.07, 6.45) is -0.673. The van der Waals surface area contributed by atoms with Crippen molar-refractivity contribution in [1.82, 2.24) is 10.2 Å². The molecule has 0 aromatic heterocycles. The van der Waals surface area contributed by atoms with Crippen LogP contribution in [0.5, 0.6) is 5.75 Å². The fourth-order valence-electron chi connectivity index (χ4n) is 2.08. The standard InChI is InChI=1S/C17H26ClN3O3.ClH/c1-5-21(6-2)8-7-20-17(23)13-9-14(18)15(19)10-16(13)24-12(4)11(3)22;/h9-10,12H,5-8,19H2,1-4H3,(H,20,23);1H/t12-;/m0./s1. The molecule has 1 rings (SSSR count). The Bertz CT molecular complexity index is 593. The van der Waals surface area contributed by atoms with Gasteiger partial charge in [0, 0.05) is 19.2 Å². The first-order valence-electron chi connectivity index (χ1n) is 8.06. The van der Waals surface area contributed by atoms with Gasteiger partial charge in [-0.1, -0.05) is 25.4 Å². The summed E-state index contributed by atoms with van der Waals surface area (Å²) >= 11 is 6.02. The zero-order chi connectivity index (χ0) is 18.3. The molecule has 1 amide bonds. The van der Waals surface area contributed by atoms with Crippen molar-refractivity contribution in [2.45, 2.75) is 33.8 Å². The molecule has 1 aromatic rings. The van der Waals surface area contributed by atoms with Gasteiger partial charge in [0.25, 0.3) is 5.91 Å². The van der Waals surface area contributed by atoms with E-state index in [0.29, 0.717) is 12.2 Å². The molecule has 6 nitrogen and oxygen atoms in total.